The van der Waals surface area contributed by atoms with Crippen LogP contribution in [0.25, 0.3) is 0 Å². The van der Waals surface area contributed by atoms with Crippen molar-refractivity contribution in [1.82, 2.24) is 10.2 Å². The van der Waals surface area contributed by atoms with Crippen molar-refractivity contribution >= 4 is 23.4 Å². The van der Waals surface area contributed by atoms with Gasteiger partial charge in [0.05, 0.1) is 35.5 Å². The van der Waals surface area contributed by atoms with E-state index in [0.717, 1.165) is 17.0 Å². The summed E-state index contributed by atoms with van der Waals surface area (Å²) in [4.78, 5) is 41.7. The van der Waals surface area contributed by atoms with Crippen molar-refractivity contribution in [2.45, 2.75) is 26.1 Å². The molecule has 2 aromatic carbocycles. The highest BCUT2D eigenvalue weighted by atomic mass is 19.4. The Bertz CT molecular complexity index is 1310. The first-order chi connectivity index (χ1) is 17.4. The molecule has 0 aliphatic carbocycles. The van der Waals surface area contributed by atoms with Crippen LogP contribution in [0.2, 0.25) is 0 Å². The van der Waals surface area contributed by atoms with Crippen LogP contribution in [0.15, 0.2) is 53.7 Å². The summed E-state index contributed by atoms with van der Waals surface area (Å²) in [6, 6.07) is 8.82. The molecule has 0 saturated carbocycles. The molecule has 37 heavy (non-hydrogen) atoms. The van der Waals surface area contributed by atoms with Crippen molar-refractivity contribution in [3.8, 4) is 6.07 Å². The number of nitrogens with zero attached hydrogens (tertiary/aromatic N) is 3. The summed E-state index contributed by atoms with van der Waals surface area (Å²) < 4.78 is 45.0. The third kappa shape index (κ3) is 5.49. The molecule has 0 fully saturated rings. The van der Waals surface area contributed by atoms with E-state index in [2.05, 4.69) is 5.32 Å². The molecule has 8 nitrogen and oxygen atoms in total. The smallest absolute Gasteiger partial charge is 0.383 e. The molecule has 0 bridgehead atoms. The summed E-state index contributed by atoms with van der Waals surface area (Å²) in [5, 5.41) is 12.0. The van der Waals surface area contributed by atoms with Crippen LogP contribution in [0.3, 0.4) is 0 Å². The fraction of sp³-hybridized carbons (Fsp3) is 0.308. The van der Waals surface area contributed by atoms with E-state index in [0.29, 0.717) is 0 Å². The SMILES string of the molecule is COCCNC(=O)c1cc(C#N)ccc1C1C(C(C)=O)=C(C)N(c2cccc(C(F)(F)F)c2)C(=O)N1C. The van der Waals surface area contributed by atoms with Crippen LogP contribution in [0, 0.1) is 11.3 Å². The lowest BCUT2D eigenvalue weighted by atomic mass is 9.87. The van der Waals surface area contributed by atoms with Gasteiger partial charge in [-0.1, -0.05) is 12.1 Å². The lowest BCUT2D eigenvalue weighted by Gasteiger charge is -2.41. The Labute approximate surface area is 211 Å². The van der Waals surface area contributed by atoms with Gasteiger partial charge in [0.25, 0.3) is 5.91 Å². The predicted molar refractivity (Wildman–Crippen MR) is 129 cm³/mol. The van der Waals surface area contributed by atoms with Gasteiger partial charge in [-0.05, 0) is 49.7 Å². The van der Waals surface area contributed by atoms with Crippen molar-refractivity contribution in [2.24, 2.45) is 0 Å². The predicted octanol–water partition coefficient (Wildman–Crippen LogP) is 4.43. The largest absolute Gasteiger partial charge is 0.416 e. The van der Waals surface area contributed by atoms with Gasteiger partial charge in [-0.2, -0.15) is 18.4 Å². The second kappa shape index (κ2) is 10.8. The molecule has 11 heteroatoms. The second-order valence-corrected chi connectivity index (χ2v) is 8.40. The molecule has 1 atom stereocenters. The normalized spacial score (nSPS) is 16.1. The van der Waals surface area contributed by atoms with Gasteiger partial charge in [-0.3, -0.25) is 14.5 Å². The molecule has 1 N–H and O–H groups in total. The zero-order chi connectivity index (χ0) is 27.5. The van der Waals surface area contributed by atoms with E-state index in [1.165, 1.54) is 63.2 Å². The summed E-state index contributed by atoms with van der Waals surface area (Å²) in [6.07, 6.45) is -4.63. The molecule has 194 valence electrons. The molecule has 2 aromatic rings. The number of likely N-dealkylation sites (N-methyl/N-ethyl adjacent to an activating group) is 1. The van der Waals surface area contributed by atoms with E-state index < -0.39 is 35.5 Å². The molecular formula is C26H25F3N4O4. The van der Waals surface area contributed by atoms with Crippen molar-refractivity contribution in [1.29, 1.82) is 5.26 Å². The Balaban J connectivity index is 2.20. The van der Waals surface area contributed by atoms with E-state index in [1.807, 2.05) is 6.07 Å². The van der Waals surface area contributed by atoms with Gasteiger partial charge in [0.15, 0.2) is 5.78 Å². The fourth-order valence-corrected chi connectivity index (χ4v) is 4.28. The maximum atomic E-state index is 13.5. The van der Waals surface area contributed by atoms with Crippen molar-refractivity contribution in [3.63, 3.8) is 0 Å². The number of ketones is 1. The average molecular weight is 515 g/mol. The first-order valence-corrected chi connectivity index (χ1v) is 11.2. The Morgan fingerprint density at radius 1 is 1.19 bits per heavy atom. The number of methoxy groups -OCH3 is 1. The van der Waals surface area contributed by atoms with Crippen LogP contribution in [0.1, 0.15) is 46.9 Å². The van der Waals surface area contributed by atoms with E-state index in [-0.39, 0.29) is 46.8 Å². The fourth-order valence-electron chi connectivity index (χ4n) is 4.28. The topological polar surface area (TPSA) is 103 Å². The summed E-state index contributed by atoms with van der Waals surface area (Å²) in [5.41, 5.74) is -0.177. The van der Waals surface area contributed by atoms with Crippen molar-refractivity contribution in [2.75, 3.05) is 32.2 Å². The lowest BCUT2D eigenvalue weighted by Crippen LogP contribution is -2.49. The average Bonchev–Trinajstić information content (AvgIpc) is 2.85. The van der Waals surface area contributed by atoms with E-state index in [1.54, 1.807) is 0 Å². The number of anilines is 1. The molecule has 1 aliphatic rings. The number of nitriles is 1. The zero-order valence-electron chi connectivity index (χ0n) is 20.6. The molecule has 1 aliphatic heterocycles. The third-order valence-corrected chi connectivity index (χ3v) is 6.00. The number of Topliss-reactive ketones (excluding diaryl/α,β-unsaturated/α-hetero) is 1. The summed E-state index contributed by atoms with van der Waals surface area (Å²) in [5.74, 6) is -0.972. The summed E-state index contributed by atoms with van der Waals surface area (Å²) in [7, 11) is 2.87. The number of ether oxygens (including phenoxy) is 1. The number of hydrogen-bond donors (Lipinski definition) is 1. The quantitative estimate of drug-likeness (QED) is 0.551. The number of nitrogens with one attached hydrogen (secondary N) is 1. The summed E-state index contributed by atoms with van der Waals surface area (Å²) >= 11 is 0. The minimum Gasteiger partial charge on any atom is -0.383 e. The number of alkyl halides is 3. The van der Waals surface area contributed by atoms with Gasteiger partial charge in [-0.25, -0.2) is 4.79 Å². The molecule has 1 heterocycles. The van der Waals surface area contributed by atoms with Crippen LogP contribution in [-0.4, -0.2) is 49.9 Å². The minimum atomic E-state index is -4.63. The molecule has 0 spiro atoms. The van der Waals surface area contributed by atoms with Crippen LogP contribution in [0.5, 0.6) is 0 Å². The Morgan fingerprint density at radius 3 is 2.49 bits per heavy atom. The van der Waals surface area contributed by atoms with Crippen molar-refractivity contribution < 1.29 is 32.3 Å². The van der Waals surface area contributed by atoms with Crippen molar-refractivity contribution in [3.05, 3.63) is 76.0 Å². The van der Waals surface area contributed by atoms with Gasteiger partial charge in [0.2, 0.25) is 0 Å². The number of urea groups is 1. The molecular weight excluding hydrogens is 489 g/mol. The van der Waals surface area contributed by atoms with Crippen LogP contribution in [-0.2, 0) is 15.7 Å². The monoisotopic (exact) mass is 514 g/mol. The number of rotatable bonds is 7. The van der Waals surface area contributed by atoms with Crippen LogP contribution < -0.4 is 10.2 Å². The maximum Gasteiger partial charge on any atom is 0.416 e. The molecule has 3 amide bonds. The van der Waals surface area contributed by atoms with Gasteiger partial charge >= 0.3 is 12.2 Å². The first kappa shape index (κ1) is 27.4. The standard InChI is InChI=1S/C26H25F3N4O4/c1-15-22(16(2)34)23(20-9-8-17(14-30)12-21(20)24(35)31-10-11-37-4)32(3)25(36)33(15)19-7-5-6-18(13-19)26(27,28)29/h5-9,12-13,23H,10-11H2,1-4H3,(H,31,35). The third-order valence-electron chi connectivity index (χ3n) is 6.00. The number of halogens is 3. The zero-order valence-corrected chi connectivity index (χ0v) is 20.6. The number of carbonyl (C=O) groups is 3. The van der Waals surface area contributed by atoms with Gasteiger partial charge in [0.1, 0.15) is 0 Å². The number of carbonyl (C=O) groups excluding carboxylic acids is 3. The number of benzene rings is 2. The van der Waals surface area contributed by atoms with Gasteiger partial charge in [0, 0.05) is 37.5 Å². The maximum absolute atomic E-state index is 13.5. The molecule has 0 saturated heterocycles. The van der Waals surface area contributed by atoms with Crippen LogP contribution >= 0.6 is 0 Å². The first-order valence-electron chi connectivity index (χ1n) is 11.2. The summed E-state index contributed by atoms with van der Waals surface area (Å²) in [6.45, 7) is 3.17. The molecule has 3 rings (SSSR count). The molecule has 0 radical (unpaired) electrons. The number of amides is 3. The Hall–Kier alpha value is -4.17. The number of hydrogen-bond acceptors (Lipinski definition) is 5. The molecule has 0 aromatic heterocycles. The second-order valence-electron chi connectivity index (χ2n) is 8.40. The minimum absolute atomic E-state index is 0.0567. The van der Waals surface area contributed by atoms with E-state index in [9.17, 15) is 32.8 Å². The highest BCUT2D eigenvalue weighted by Crippen LogP contribution is 2.41. The lowest BCUT2D eigenvalue weighted by molar-refractivity contribution is -0.137. The molecule has 1 unspecified atom stereocenters. The van der Waals surface area contributed by atoms with E-state index >= 15 is 0 Å². The Morgan fingerprint density at radius 2 is 1.89 bits per heavy atom. The highest BCUT2D eigenvalue weighted by molar-refractivity contribution is 6.06. The van der Waals surface area contributed by atoms with Gasteiger partial charge < -0.3 is 15.0 Å². The van der Waals surface area contributed by atoms with Gasteiger partial charge in [-0.15, -0.1) is 0 Å². The van der Waals surface area contributed by atoms with Crippen LogP contribution in [0.4, 0.5) is 23.7 Å². The Kier molecular flexibility index (Phi) is 8.03. The number of allylic oxidation sites excluding steroid dienone is 1. The highest BCUT2D eigenvalue weighted by Gasteiger charge is 2.41. The van der Waals surface area contributed by atoms with E-state index in [4.69, 9.17) is 4.74 Å².